The number of carbonyl (C=O) groups is 1. The Morgan fingerprint density at radius 2 is 1.94 bits per heavy atom. The van der Waals surface area contributed by atoms with Gasteiger partial charge in [0.2, 0.25) is 5.91 Å². The standard InChI is InChI=1S/C21H24N4O6/c1-6-31-18-12(2)10-22-19-17(18)20(27)25(21(28)24(19)3)11-16(26)23-14-9-13(29-4)7-8-15(14)30-5/h7-10H,6,11H2,1-5H3,(H,23,26). The van der Waals surface area contributed by atoms with Crippen LogP contribution in [0.5, 0.6) is 17.2 Å². The van der Waals surface area contributed by atoms with Gasteiger partial charge in [0.25, 0.3) is 5.56 Å². The van der Waals surface area contributed by atoms with Crippen LogP contribution in [0.25, 0.3) is 11.0 Å². The molecule has 0 aliphatic heterocycles. The molecule has 0 saturated heterocycles. The number of nitrogens with zero attached hydrogens (tertiary/aromatic N) is 3. The maximum atomic E-state index is 13.2. The molecule has 0 aliphatic carbocycles. The Bertz CT molecular complexity index is 1260. The first-order valence-corrected chi connectivity index (χ1v) is 9.56. The summed E-state index contributed by atoms with van der Waals surface area (Å²) in [6.45, 7) is 3.38. The zero-order chi connectivity index (χ0) is 22.7. The van der Waals surface area contributed by atoms with Crippen LogP contribution in [0.3, 0.4) is 0 Å². The molecule has 0 radical (unpaired) electrons. The molecule has 1 amide bonds. The van der Waals surface area contributed by atoms with E-state index in [1.807, 2.05) is 0 Å². The third-order valence-corrected chi connectivity index (χ3v) is 4.75. The Labute approximate surface area is 178 Å². The van der Waals surface area contributed by atoms with Gasteiger partial charge in [-0.2, -0.15) is 0 Å². The van der Waals surface area contributed by atoms with Crippen LogP contribution in [-0.4, -0.2) is 40.9 Å². The number of hydrogen-bond donors (Lipinski definition) is 1. The van der Waals surface area contributed by atoms with E-state index >= 15 is 0 Å². The first-order valence-electron chi connectivity index (χ1n) is 9.56. The minimum absolute atomic E-state index is 0.149. The minimum Gasteiger partial charge on any atom is -0.497 e. The van der Waals surface area contributed by atoms with Crippen molar-refractivity contribution in [3.63, 3.8) is 0 Å². The highest BCUT2D eigenvalue weighted by Crippen LogP contribution is 2.29. The Balaban J connectivity index is 2.06. The number of fused-ring (bicyclic) bond motifs is 1. The lowest BCUT2D eigenvalue weighted by atomic mass is 10.2. The SMILES string of the molecule is CCOc1c(C)cnc2c1c(=O)n(CC(=O)Nc1cc(OC)ccc1OC)c(=O)n2C. The molecule has 3 aromatic rings. The minimum atomic E-state index is -0.663. The van der Waals surface area contributed by atoms with Gasteiger partial charge in [0.1, 0.15) is 29.2 Å². The second-order valence-corrected chi connectivity index (χ2v) is 6.75. The number of anilines is 1. The van der Waals surface area contributed by atoms with E-state index in [-0.39, 0.29) is 11.0 Å². The summed E-state index contributed by atoms with van der Waals surface area (Å²) in [6, 6.07) is 4.90. The molecule has 1 aromatic carbocycles. The number of hydrogen-bond acceptors (Lipinski definition) is 7. The van der Waals surface area contributed by atoms with Gasteiger partial charge in [-0.3, -0.25) is 14.2 Å². The highest BCUT2D eigenvalue weighted by Gasteiger charge is 2.20. The van der Waals surface area contributed by atoms with E-state index < -0.39 is 23.7 Å². The number of aryl methyl sites for hydroxylation is 2. The van der Waals surface area contributed by atoms with Gasteiger partial charge >= 0.3 is 5.69 Å². The fourth-order valence-corrected chi connectivity index (χ4v) is 3.24. The van der Waals surface area contributed by atoms with Crippen molar-refractivity contribution in [2.75, 3.05) is 26.1 Å². The van der Waals surface area contributed by atoms with Gasteiger partial charge in [-0.1, -0.05) is 0 Å². The predicted octanol–water partition coefficient (Wildman–Crippen LogP) is 1.46. The van der Waals surface area contributed by atoms with Crippen molar-refractivity contribution in [3.05, 3.63) is 50.8 Å². The molecule has 10 heteroatoms. The molecule has 2 aromatic heterocycles. The Hall–Kier alpha value is -3.82. The molecule has 0 spiro atoms. The van der Waals surface area contributed by atoms with Gasteiger partial charge in [0.05, 0.1) is 26.5 Å². The molecule has 1 N–H and O–H groups in total. The first-order chi connectivity index (χ1) is 14.8. The van der Waals surface area contributed by atoms with E-state index in [9.17, 15) is 14.4 Å². The Morgan fingerprint density at radius 1 is 1.19 bits per heavy atom. The maximum Gasteiger partial charge on any atom is 0.332 e. The van der Waals surface area contributed by atoms with Crippen molar-refractivity contribution in [2.24, 2.45) is 7.05 Å². The second-order valence-electron chi connectivity index (χ2n) is 6.75. The molecule has 0 bridgehead atoms. The molecule has 2 heterocycles. The topological polar surface area (TPSA) is 114 Å². The molecule has 0 aliphatic rings. The molecule has 0 saturated carbocycles. The van der Waals surface area contributed by atoms with Crippen LogP contribution in [0.2, 0.25) is 0 Å². The van der Waals surface area contributed by atoms with Crippen molar-refractivity contribution in [2.45, 2.75) is 20.4 Å². The summed E-state index contributed by atoms with van der Waals surface area (Å²) < 4.78 is 18.1. The van der Waals surface area contributed by atoms with Crippen LogP contribution < -0.4 is 30.8 Å². The van der Waals surface area contributed by atoms with E-state index in [0.717, 1.165) is 4.57 Å². The molecule has 10 nitrogen and oxygen atoms in total. The largest absolute Gasteiger partial charge is 0.497 e. The van der Waals surface area contributed by atoms with Crippen LogP contribution >= 0.6 is 0 Å². The number of aromatic nitrogens is 3. The number of pyridine rings is 1. The van der Waals surface area contributed by atoms with Gasteiger partial charge in [0, 0.05) is 24.9 Å². The average Bonchev–Trinajstić information content (AvgIpc) is 2.76. The molecule has 31 heavy (non-hydrogen) atoms. The van der Waals surface area contributed by atoms with Crippen LogP contribution in [0, 0.1) is 6.92 Å². The maximum absolute atomic E-state index is 13.2. The number of benzene rings is 1. The van der Waals surface area contributed by atoms with Crippen molar-refractivity contribution in [1.82, 2.24) is 14.1 Å². The third kappa shape index (κ3) is 4.09. The quantitative estimate of drug-likeness (QED) is 0.606. The molecule has 0 fully saturated rings. The van der Waals surface area contributed by atoms with E-state index in [1.54, 1.807) is 38.2 Å². The average molecular weight is 428 g/mol. The van der Waals surface area contributed by atoms with Crippen LogP contribution in [0.4, 0.5) is 5.69 Å². The predicted molar refractivity (Wildman–Crippen MR) is 115 cm³/mol. The van der Waals surface area contributed by atoms with Gasteiger partial charge in [-0.05, 0) is 26.0 Å². The van der Waals surface area contributed by atoms with Crippen molar-refractivity contribution in [3.8, 4) is 17.2 Å². The van der Waals surface area contributed by atoms with Crippen LogP contribution in [0.15, 0.2) is 34.0 Å². The van der Waals surface area contributed by atoms with Crippen molar-refractivity contribution >= 4 is 22.6 Å². The summed E-state index contributed by atoms with van der Waals surface area (Å²) in [5, 5.41) is 2.81. The lowest BCUT2D eigenvalue weighted by Crippen LogP contribution is -2.42. The Morgan fingerprint density at radius 3 is 2.58 bits per heavy atom. The van der Waals surface area contributed by atoms with Crippen molar-refractivity contribution in [1.29, 1.82) is 0 Å². The number of methoxy groups -OCH3 is 2. The number of rotatable bonds is 7. The summed E-state index contributed by atoms with van der Waals surface area (Å²) in [7, 11) is 4.45. The van der Waals surface area contributed by atoms with Crippen molar-refractivity contribution < 1.29 is 19.0 Å². The van der Waals surface area contributed by atoms with E-state index in [4.69, 9.17) is 14.2 Å². The molecule has 0 atom stereocenters. The van der Waals surface area contributed by atoms with Gasteiger partial charge < -0.3 is 19.5 Å². The number of carbonyl (C=O) groups excluding carboxylic acids is 1. The second kappa shape index (κ2) is 8.90. The lowest BCUT2D eigenvalue weighted by molar-refractivity contribution is -0.116. The summed E-state index contributed by atoms with van der Waals surface area (Å²) in [5.74, 6) is 0.685. The molecule has 164 valence electrons. The smallest absolute Gasteiger partial charge is 0.332 e. The zero-order valence-corrected chi connectivity index (χ0v) is 18.0. The van der Waals surface area contributed by atoms with Gasteiger partial charge in [-0.15, -0.1) is 0 Å². The third-order valence-electron chi connectivity index (χ3n) is 4.75. The summed E-state index contributed by atoms with van der Waals surface area (Å²) >= 11 is 0. The number of amides is 1. The lowest BCUT2D eigenvalue weighted by Gasteiger charge is -2.15. The highest BCUT2D eigenvalue weighted by atomic mass is 16.5. The summed E-state index contributed by atoms with van der Waals surface area (Å²) in [5.41, 5.74) is -0.114. The summed E-state index contributed by atoms with van der Waals surface area (Å²) in [6.07, 6.45) is 1.54. The van der Waals surface area contributed by atoms with E-state index in [0.29, 0.717) is 35.1 Å². The van der Waals surface area contributed by atoms with E-state index in [1.165, 1.54) is 25.8 Å². The first kappa shape index (κ1) is 21.9. The molecular formula is C21H24N4O6. The fourth-order valence-electron chi connectivity index (χ4n) is 3.24. The van der Waals surface area contributed by atoms with Gasteiger partial charge in [0.15, 0.2) is 5.65 Å². The monoisotopic (exact) mass is 428 g/mol. The normalized spacial score (nSPS) is 10.7. The van der Waals surface area contributed by atoms with E-state index in [2.05, 4.69) is 10.3 Å². The molecular weight excluding hydrogens is 404 g/mol. The highest BCUT2D eigenvalue weighted by molar-refractivity contribution is 5.92. The molecule has 0 unspecified atom stereocenters. The van der Waals surface area contributed by atoms with Gasteiger partial charge in [-0.25, -0.2) is 14.3 Å². The Kier molecular flexibility index (Phi) is 6.28. The number of nitrogens with one attached hydrogen (secondary N) is 1. The zero-order valence-electron chi connectivity index (χ0n) is 18.0. The number of ether oxygens (including phenoxy) is 3. The fraction of sp³-hybridized carbons (Fsp3) is 0.333. The molecule has 3 rings (SSSR count). The van der Waals surface area contributed by atoms with Crippen LogP contribution in [0.1, 0.15) is 12.5 Å². The van der Waals surface area contributed by atoms with Crippen LogP contribution in [-0.2, 0) is 18.4 Å². The summed E-state index contributed by atoms with van der Waals surface area (Å²) in [4.78, 5) is 42.9.